The van der Waals surface area contributed by atoms with Crippen LogP contribution in [0.3, 0.4) is 0 Å². The summed E-state index contributed by atoms with van der Waals surface area (Å²) < 4.78 is 27.4. The maximum atomic E-state index is 13.8. The maximum Gasteiger partial charge on any atom is 0.163 e. The molecule has 1 unspecified atom stereocenters. The van der Waals surface area contributed by atoms with Crippen molar-refractivity contribution in [3.63, 3.8) is 0 Å². The van der Waals surface area contributed by atoms with Gasteiger partial charge >= 0.3 is 0 Å². The van der Waals surface area contributed by atoms with E-state index in [0.717, 1.165) is 11.1 Å². The minimum atomic E-state index is -0.833. The Morgan fingerprint density at radius 2 is 1.79 bits per heavy atom. The van der Waals surface area contributed by atoms with Gasteiger partial charge in [0.25, 0.3) is 0 Å². The van der Waals surface area contributed by atoms with Crippen molar-refractivity contribution in [3.05, 3.63) is 70.3 Å². The van der Waals surface area contributed by atoms with Crippen LogP contribution in [0.1, 0.15) is 28.3 Å². The third-order valence-electron chi connectivity index (χ3n) is 3.24. The largest absolute Gasteiger partial charge is 0.324 e. The first-order valence-electron chi connectivity index (χ1n) is 6.24. The van der Waals surface area contributed by atoms with Crippen molar-refractivity contribution < 1.29 is 8.78 Å². The molecule has 0 amide bonds. The van der Waals surface area contributed by atoms with E-state index in [2.05, 4.69) is 0 Å². The molecule has 0 saturated carbocycles. The fourth-order valence-corrected chi connectivity index (χ4v) is 2.15. The van der Waals surface area contributed by atoms with E-state index >= 15 is 0 Å². The van der Waals surface area contributed by atoms with Crippen LogP contribution in [0.2, 0.25) is 0 Å². The topological polar surface area (TPSA) is 26.0 Å². The van der Waals surface area contributed by atoms with Gasteiger partial charge in [-0.15, -0.1) is 0 Å². The van der Waals surface area contributed by atoms with Gasteiger partial charge in [-0.05, 0) is 31.4 Å². The zero-order chi connectivity index (χ0) is 14.0. The number of nitrogens with two attached hydrogens (primary N) is 1. The molecule has 19 heavy (non-hydrogen) atoms. The van der Waals surface area contributed by atoms with Gasteiger partial charge in [0, 0.05) is 11.6 Å². The molecule has 2 aromatic carbocycles. The second-order valence-corrected chi connectivity index (χ2v) is 4.90. The van der Waals surface area contributed by atoms with Gasteiger partial charge in [-0.25, -0.2) is 8.78 Å². The molecule has 0 fully saturated rings. The first kappa shape index (κ1) is 13.7. The van der Waals surface area contributed by atoms with Crippen LogP contribution in [-0.4, -0.2) is 0 Å². The van der Waals surface area contributed by atoms with Crippen LogP contribution in [0, 0.1) is 25.5 Å². The minimum absolute atomic E-state index is 0.226. The lowest BCUT2D eigenvalue weighted by Crippen LogP contribution is -2.16. The highest BCUT2D eigenvalue weighted by Crippen LogP contribution is 2.23. The van der Waals surface area contributed by atoms with Crippen LogP contribution >= 0.6 is 0 Å². The maximum absolute atomic E-state index is 13.8. The predicted molar refractivity (Wildman–Crippen MR) is 72.9 cm³/mol. The molecule has 0 aliphatic carbocycles. The second-order valence-electron chi connectivity index (χ2n) is 4.90. The molecule has 0 radical (unpaired) electrons. The normalized spacial score (nSPS) is 12.5. The molecule has 2 rings (SSSR count). The number of halogens is 2. The Kier molecular flexibility index (Phi) is 3.96. The van der Waals surface area contributed by atoms with Crippen LogP contribution in [0.15, 0.2) is 36.4 Å². The average molecular weight is 261 g/mol. The van der Waals surface area contributed by atoms with Gasteiger partial charge in [0.1, 0.15) is 0 Å². The Bertz CT molecular complexity index is 593. The molecule has 0 aromatic heterocycles. The van der Waals surface area contributed by atoms with E-state index in [4.69, 9.17) is 5.73 Å². The standard InChI is InChI=1S/C16H17F2N/c1-10-4-3-5-12(8-10)9-14(19)13-7-6-11(2)15(17)16(13)18/h3-8,14H,9,19H2,1-2H3. The smallest absolute Gasteiger partial charge is 0.163 e. The molecule has 100 valence electrons. The molecule has 0 heterocycles. The highest BCUT2D eigenvalue weighted by Gasteiger charge is 2.16. The summed E-state index contributed by atoms with van der Waals surface area (Å²) in [5.41, 5.74) is 8.66. The Balaban J connectivity index is 2.25. The van der Waals surface area contributed by atoms with Gasteiger partial charge in [0.05, 0.1) is 0 Å². The molecule has 3 heteroatoms. The van der Waals surface area contributed by atoms with E-state index in [1.165, 1.54) is 6.92 Å². The fraction of sp³-hybridized carbons (Fsp3) is 0.250. The molecule has 0 spiro atoms. The van der Waals surface area contributed by atoms with Gasteiger partial charge in [-0.3, -0.25) is 0 Å². The molecule has 0 aliphatic heterocycles. The summed E-state index contributed by atoms with van der Waals surface area (Å²) in [5.74, 6) is -1.64. The van der Waals surface area contributed by atoms with Crippen LogP contribution in [-0.2, 0) is 6.42 Å². The quantitative estimate of drug-likeness (QED) is 0.893. The van der Waals surface area contributed by atoms with Gasteiger partial charge in [-0.2, -0.15) is 0 Å². The van der Waals surface area contributed by atoms with Crippen molar-refractivity contribution in [2.45, 2.75) is 26.3 Å². The summed E-state index contributed by atoms with van der Waals surface area (Å²) in [4.78, 5) is 0. The first-order valence-corrected chi connectivity index (χ1v) is 6.24. The Labute approximate surface area is 112 Å². The van der Waals surface area contributed by atoms with Crippen molar-refractivity contribution >= 4 is 0 Å². The van der Waals surface area contributed by atoms with Crippen LogP contribution in [0.25, 0.3) is 0 Å². The molecule has 0 aliphatic rings. The summed E-state index contributed by atoms with van der Waals surface area (Å²) in [7, 11) is 0. The second kappa shape index (κ2) is 5.49. The highest BCUT2D eigenvalue weighted by molar-refractivity contribution is 5.30. The first-order chi connectivity index (χ1) is 8.99. The predicted octanol–water partition coefficient (Wildman–Crippen LogP) is 3.82. The molecule has 2 N–H and O–H groups in total. The van der Waals surface area contributed by atoms with Crippen molar-refractivity contribution in [2.75, 3.05) is 0 Å². The summed E-state index contributed by atoms with van der Waals surface area (Å²) in [6.45, 7) is 3.52. The van der Waals surface area contributed by atoms with Gasteiger partial charge in [0.15, 0.2) is 11.6 Å². The van der Waals surface area contributed by atoms with Crippen molar-refractivity contribution in [3.8, 4) is 0 Å². The molecule has 1 atom stereocenters. The van der Waals surface area contributed by atoms with E-state index in [-0.39, 0.29) is 5.56 Å². The zero-order valence-corrected chi connectivity index (χ0v) is 11.1. The third kappa shape index (κ3) is 2.99. The van der Waals surface area contributed by atoms with Crippen molar-refractivity contribution in [1.82, 2.24) is 0 Å². The minimum Gasteiger partial charge on any atom is -0.324 e. The SMILES string of the molecule is Cc1cccc(CC(N)c2ccc(C)c(F)c2F)c1. The van der Waals surface area contributed by atoms with Gasteiger partial charge in [-0.1, -0.05) is 42.0 Å². The van der Waals surface area contributed by atoms with Gasteiger partial charge < -0.3 is 5.73 Å². The molecular weight excluding hydrogens is 244 g/mol. The van der Waals surface area contributed by atoms with E-state index in [0.29, 0.717) is 12.0 Å². The van der Waals surface area contributed by atoms with Crippen molar-refractivity contribution in [2.24, 2.45) is 5.73 Å². The lowest BCUT2D eigenvalue weighted by molar-refractivity contribution is 0.483. The lowest BCUT2D eigenvalue weighted by Gasteiger charge is -2.14. The monoisotopic (exact) mass is 261 g/mol. The summed E-state index contributed by atoms with van der Waals surface area (Å²) in [5, 5.41) is 0. The van der Waals surface area contributed by atoms with E-state index in [1.807, 2.05) is 31.2 Å². The molecular formula is C16H17F2N. The van der Waals surface area contributed by atoms with E-state index < -0.39 is 17.7 Å². The molecule has 0 bridgehead atoms. The van der Waals surface area contributed by atoms with Crippen LogP contribution in [0.5, 0.6) is 0 Å². The number of hydrogen-bond donors (Lipinski definition) is 1. The number of aryl methyl sites for hydroxylation is 2. The Morgan fingerprint density at radius 3 is 2.47 bits per heavy atom. The molecule has 1 nitrogen and oxygen atoms in total. The summed E-state index contributed by atoms with van der Waals surface area (Å²) >= 11 is 0. The zero-order valence-electron chi connectivity index (χ0n) is 11.1. The van der Waals surface area contributed by atoms with E-state index in [9.17, 15) is 8.78 Å². The number of benzene rings is 2. The van der Waals surface area contributed by atoms with Crippen molar-refractivity contribution in [1.29, 1.82) is 0 Å². The van der Waals surface area contributed by atoms with E-state index in [1.54, 1.807) is 12.1 Å². The number of rotatable bonds is 3. The molecule has 2 aromatic rings. The summed E-state index contributed by atoms with van der Waals surface area (Å²) in [6, 6.07) is 10.4. The average Bonchev–Trinajstić information content (AvgIpc) is 2.36. The Hall–Kier alpha value is -1.74. The van der Waals surface area contributed by atoms with Crippen LogP contribution in [0.4, 0.5) is 8.78 Å². The lowest BCUT2D eigenvalue weighted by atomic mass is 9.97. The molecule has 0 saturated heterocycles. The Morgan fingerprint density at radius 1 is 1.05 bits per heavy atom. The highest BCUT2D eigenvalue weighted by atomic mass is 19.2. The fourth-order valence-electron chi connectivity index (χ4n) is 2.15. The van der Waals surface area contributed by atoms with Crippen LogP contribution < -0.4 is 5.73 Å². The summed E-state index contributed by atoms with van der Waals surface area (Å²) in [6.07, 6.45) is 0.487. The third-order valence-corrected chi connectivity index (χ3v) is 3.24. The van der Waals surface area contributed by atoms with Gasteiger partial charge in [0.2, 0.25) is 0 Å². The number of hydrogen-bond acceptors (Lipinski definition) is 1.